The number of hydrogen-bond acceptors (Lipinski definition) is 7. The lowest BCUT2D eigenvalue weighted by molar-refractivity contribution is -0.138. The molecule has 0 bridgehead atoms. The number of anilines is 2. The van der Waals surface area contributed by atoms with Crippen LogP contribution in [0.4, 0.5) is 11.5 Å². The number of aromatic nitrogens is 2. The summed E-state index contributed by atoms with van der Waals surface area (Å²) in [6.07, 6.45) is 2.41. The average molecular weight is 556 g/mol. The van der Waals surface area contributed by atoms with Gasteiger partial charge < -0.3 is 15.3 Å². The van der Waals surface area contributed by atoms with Crippen LogP contribution in [0.15, 0.2) is 69.1 Å². The van der Waals surface area contributed by atoms with E-state index >= 15 is 0 Å². The first-order chi connectivity index (χ1) is 18.5. The molecule has 1 aliphatic rings. The summed E-state index contributed by atoms with van der Waals surface area (Å²) in [5.74, 6) is -0.776. The highest BCUT2D eigenvalue weighted by atomic mass is 32.2. The number of carboxylic acids is 1. The zero-order valence-corrected chi connectivity index (χ0v) is 22.9. The normalized spacial score (nSPS) is 15.6. The summed E-state index contributed by atoms with van der Waals surface area (Å²) in [6, 6.07) is 13.6. The Morgan fingerprint density at radius 1 is 1.03 bits per heavy atom. The Morgan fingerprint density at radius 3 is 2.31 bits per heavy atom. The minimum Gasteiger partial charge on any atom is -0.480 e. The van der Waals surface area contributed by atoms with Crippen LogP contribution in [0.3, 0.4) is 0 Å². The van der Waals surface area contributed by atoms with E-state index in [1.54, 1.807) is 49.5 Å². The molecule has 2 aromatic carbocycles. The molecule has 12 heteroatoms. The summed E-state index contributed by atoms with van der Waals surface area (Å²) in [7, 11) is -1.05. The number of benzene rings is 2. The number of hydrogen-bond donors (Lipinski definition) is 3. The van der Waals surface area contributed by atoms with Gasteiger partial charge in [0.2, 0.25) is 10.0 Å². The van der Waals surface area contributed by atoms with Crippen LogP contribution in [0, 0.1) is 0 Å². The minimum atomic E-state index is -4.11. The number of nitrogens with one attached hydrogen (secondary N) is 2. The number of carbonyl (C=O) groups is 1. The molecule has 2 heterocycles. The van der Waals surface area contributed by atoms with Gasteiger partial charge in [0.25, 0.3) is 5.56 Å². The molecular weight excluding hydrogens is 522 g/mol. The average Bonchev–Trinajstić information content (AvgIpc) is 3.27. The lowest BCUT2D eigenvalue weighted by Gasteiger charge is -2.27. The van der Waals surface area contributed by atoms with Crippen molar-refractivity contribution in [3.8, 4) is 0 Å². The Morgan fingerprint density at radius 2 is 1.69 bits per heavy atom. The molecule has 1 aromatic heterocycles. The van der Waals surface area contributed by atoms with E-state index in [0.717, 1.165) is 29.4 Å². The molecule has 1 aliphatic heterocycles. The monoisotopic (exact) mass is 555 g/mol. The van der Waals surface area contributed by atoms with Crippen LogP contribution >= 0.6 is 0 Å². The predicted octanol–water partition coefficient (Wildman–Crippen LogP) is 2.01. The van der Waals surface area contributed by atoms with Crippen molar-refractivity contribution in [2.75, 3.05) is 10.2 Å². The molecular formula is C27H33N5O6S. The van der Waals surface area contributed by atoms with E-state index in [-0.39, 0.29) is 17.5 Å². The van der Waals surface area contributed by atoms with Gasteiger partial charge in [0.15, 0.2) is 0 Å². The third kappa shape index (κ3) is 5.91. The van der Waals surface area contributed by atoms with Crippen molar-refractivity contribution in [1.82, 2.24) is 13.9 Å². The molecule has 2 atom stereocenters. The molecule has 39 heavy (non-hydrogen) atoms. The van der Waals surface area contributed by atoms with E-state index < -0.39 is 33.3 Å². The highest BCUT2D eigenvalue weighted by Gasteiger charge is 2.34. The van der Waals surface area contributed by atoms with Crippen LogP contribution in [0.2, 0.25) is 0 Å². The van der Waals surface area contributed by atoms with E-state index in [9.17, 15) is 27.9 Å². The van der Waals surface area contributed by atoms with Gasteiger partial charge in [-0.15, -0.1) is 0 Å². The molecule has 11 nitrogen and oxygen atoms in total. The Kier molecular flexibility index (Phi) is 8.26. The number of nitrogens with zero attached hydrogens (tertiary/aromatic N) is 3. The van der Waals surface area contributed by atoms with Crippen molar-refractivity contribution in [2.45, 2.75) is 56.3 Å². The number of sulfonamides is 1. The molecule has 208 valence electrons. The lowest BCUT2D eigenvalue weighted by Crippen LogP contribution is -2.42. The van der Waals surface area contributed by atoms with Crippen molar-refractivity contribution in [1.29, 1.82) is 0 Å². The quantitative estimate of drug-likeness (QED) is 0.326. The largest absolute Gasteiger partial charge is 0.480 e. The number of fused-ring (bicyclic) bond motifs is 1. The summed E-state index contributed by atoms with van der Waals surface area (Å²) in [5, 5.41) is 12.9. The van der Waals surface area contributed by atoms with Gasteiger partial charge in [0, 0.05) is 20.6 Å². The molecule has 4 rings (SSSR count). The van der Waals surface area contributed by atoms with E-state index in [1.165, 1.54) is 23.7 Å². The zero-order chi connectivity index (χ0) is 28.3. The Bertz CT molecular complexity index is 1570. The molecule has 0 fully saturated rings. The maximum atomic E-state index is 13.0. The van der Waals surface area contributed by atoms with Crippen molar-refractivity contribution >= 4 is 27.5 Å². The molecule has 0 saturated heterocycles. The standard InChI is InChI=1S/C27H33N5O6S/c1-4-5-11-22-28-23-24(30(2)27(36)31(3)25(23)33)32(22)17-19-12-14-20(15-13-19)39(37,38)29-21(26(34)35)16-18-9-7-6-8-10-18/h6-10,12-15,21-22,28-29H,4-5,11,16-17H2,1-3H3,(H,34,35)/t21-,22?/m1/s1. The van der Waals surface area contributed by atoms with Crippen LogP contribution in [0.5, 0.6) is 0 Å². The predicted molar refractivity (Wildman–Crippen MR) is 148 cm³/mol. The van der Waals surface area contributed by atoms with Crippen molar-refractivity contribution < 1.29 is 18.3 Å². The van der Waals surface area contributed by atoms with Crippen LogP contribution in [-0.4, -0.2) is 40.8 Å². The zero-order valence-electron chi connectivity index (χ0n) is 22.1. The SMILES string of the molecule is CCCCC1Nc2c(n(C)c(=O)n(C)c2=O)N1Cc1ccc(S(=O)(=O)N[C@H](Cc2ccccc2)C(=O)O)cc1. The maximum Gasteiger partial charge on any atom is 0.332 e. The number of carboxylic acid groups (broad SMARTS) is 1. The van der Waals surface area contributed by atoms with Crippen molar-refractivity contribution in [3.05, 3.63) is 86.6 Å². The van der Waals surface area contributed by atoms with E-state index in [4.69, 9.17) is 0 Å². The summed E-state index contributed by atoms with van der Waals surface area (Å²) >= 11 is 0. The third-order valence-electron chi connectivity index (χ3n) is 6.89. The Labute approximate surface area is 226 Å². The topological polar surface area (TPSA) is 143 Å². The van der Waals surface area contributed by atoms with Crippen molar-refractivity contribution in [3.63, 3.8) is 0 Å². The smallest absolute Gasteiger partial charge is 0.332 e. The van der Waals surface area contributed by atoms with Gasteiger partial charge in [-0.3, -0.25) is 18.7 Å². The second-order valence-electron chi connectivity index (χ2n) is 9.68. The van der Waals surface area contributed by atoms with Crippen LogP contribution in [0.25, 0.3) is 0 Å². The molecule has 0 aliphatic carbocycles. The first kappa shape index (κ1) is 28.1. The Balaban J connectivity index is 1.57. The highest BCUT2D eigenvalue weighted by molar-refractivity contribution is 7.89. The molecule has 3 N–H and O–H groups in total. The van der Waals surface area contributed by atoms with Crippen LogP contribution in [0.1, 0.15) is 37.3 Å². The van der Waals surface area contributed by atoms with Crippen LogP contribution in [-0.2, 0) is 41.9 Å². The van der Waals surface area contributed by atoms with Gasteiger partial charge in [0.05, 0.1) is 4.90 Å². The van der Waals surface area contributed by atoms with Crippen molar-refractivity contribution in [2.24, 2.45) is 14.1 Å². The number of rotatable bonds is 11. The summed E-state index contributed by atoms with van der Waals surface area (Å²) in [4.78, 5) is 39.1. The highest BCUT2D eigenvalue weighted by Crippen LogP contribution is 2.33. The fraction of sp³-hybridized carbons (Fsp3) is 0.370. The van der Waals surface area contributed by atoms with Gasteiger partial charge in [0.1, 0.15) is 23.7 Å². The first-order valence-corrected chi connectivity index (χ1v) is 14.2. The Hall–Kier alpha value is -3.90. The number of unbranched alkanes of at least 4 members (excludes halogenated alkanes) is 1. The molecule has 3 aromatic rings. The van der Waals surface area contributed by atoms with Gasteiger partial charge in [-0.1, -0.05) is 55.8 Å². The molecule has 0 saturated carbocycles. The lowest BCUT2D eigenvalue weighted by atomic mass is 10.1. The fourth-order valence-electron chi connectivity index (χ4n) is 4.75. The molecule has 1 unspecified atom stereocenters. The minimum absolute atomic E-state index is 0.00614. The summed E-state index contributed by atoms with van der Waals surface area (Å²) < 4.78 is 30.8. The van der Waals surface area contributed by atoms with E-state index in [1.807, 2.05) is 4.90 Å². The molecule has 0 amide bonds. The van der Waals surface area contributed by atoms with E-state index in [2.05, 4.69) is 17.0 Å². The van der Waals surface area contributed by atoms with Gasteiger partial charge in [-0.2, -0.15) is 4.72 Å². The fourth-order valence-corrected chi connectivity index (χ4v) is 5.94. The first-order valence-electron chi connectivity index (χ1n) is 12.7. The third-order valence-corrected chi connectivity index (χ3v) is 8.38. The maximum absolute atomic E-state index is 13.0. The van der Waals surface area contributed by atoms with Crippen LogP contribution < -0.4 is 26.2 Å². The van der Waals surface area contributed by atoms with E-state index in [0.29, 0.717) is 23.6 Å². The van der Waals surface area contributed by atoms with Gasteiger partial charge in [-0.25, -0.2) is 13.2 Å². The van der Waals surface area contributed by atoms with Gasteiger partial charge >= 0.3 is 11.7 Å². The van der Waals surface area contributed by atoms with Gasteiger partial charge in [-0.05, 0) is 42.5 Å². The second-order valence-corrected chi connectivity index (χ2v) is 11.4. The molecule has 0 spiro atoms. The molecule has 0 radical (unpaired) electrons. The summed E-state index contributed by atoms with van der Waals surface area (Å²) in [5.41, 5.74) is 0.995. The number of aliphatic carboxylic acids is 1. The summed E-state index contributed by atoms with van der Waals surface area (Å²) in [6.45, 7) is 2.40. The second kappa shape index (κ2) is 11.5.